The van der Waals surface area contributed by atoms with E-state index in [1.807, 2.05) is 0 Å². The molecule has 2 heterocycles. The first-order valence-corrected chi connectivity index (χ1v) is 9.43. The van der Waals surface area contributed by atoms with Crippen LogP contribution < -0.4 is 5.32 Å². The maximum absolute atomic E-state index is 4.58. The highest BCUT2D eigenvalue weighted by Gasteiger charge is 2.27. The smallest absolute Gasteiger partial charge is 0.0841 e. The van der Waals surface area contributed by atoms with E-state index >= 15 is 0 Å². The normalized spacial score (nSPS) is 21.4. The van der Waals surface area contributed by atoms with Crippen LogP contribution in [0.2, 0.25) is 0 Å². The Hall–Kier alpha value is 0.590. The van der Waals surface area contributed by atoms with E-state index in [0.717, 1.165) is 37.0 Å². The fourth-order valence-corrected chi connectivity index (χ4v) is 3.71. The lowest BCUT2D eigenvalue weighted by Gasteiger charge is -2.35. The highest BCUT2D eigenvalue weighted by Crippen LogP contribution is 2.26. The lowest BCUT2D eigenvalue weighted by molar-refractivity contribution is 0.169. The molecule has 1 aromatic heterocycles. The predicted molar refractivity (Wildman–Crippen MR) is 92.0 cm³/mol. The monoisotopic (exact) mass is 474 g/mol. The van der Waals surface area contributed by atoms with E-state index in [1.165, 1.54) is 21.4 Å². The summed E-state index contributed by atoms with van der Waals surface area (Å²) in [4.78, 5) is 2.56. The average molecular weight is 474 g/mol. The molecule has 1 aromatic rings. The Balaban J connectivity index is 2.22. The molecule has 0 amide bonds. The van der Waals surface area contributed by atoms with Crippen LogP contribution in [0.3, 0.4) is 0 Å². The summed E-state index contributed by atoms with van der Waals surface area (Å²) in [6, 6.07) is 0.441. The van der Waals surface area contributed by atoms with Gasteiger partial charge in [-0.05, 0) is 18.9 Å². The number of piperazine rings is 1. The maximum Gasteiger partial charge on any atom is 0.0841 e. The van der Waals surface area contributed by atoms with Gasteiger partial charge in [-0.1, -0.05) is 45.2 Å². The number of rotatable bonds is 5. The van der Waals surface area contributed by atoms with Gasteiger partial charge in [0.2, 0.25) is 0 Å². The van der Waals surface area contributed by atoms with Crippen molar-refractivity contribution in [1.29, 1.82) is 0 Å². The van der Waals surface area contributed by atoms with Crippen molar-refractivity contribution < 1.29 is 0 Å². The van der Waals surface area contributed by atoms with E-state index in [2.05, 4.69) is 72.5 Å². The summed E-state index contributed by atoms with van der Waals surface area (Å²) >= 11 is 4.90. The second-order valence-corrected chi connectivity index (χ2v) is 6.75. The molecule has 0 aromatic carbocycles. The second-order valence-electron chi connectivity index (χ2n) is 4.60. The van der Waals surface area contributed by atoms with Crippen molar-refractivity contribution in [3.8, 4) is 0 Å². The zero-order valence-corrected chi connectivity index (χ0v) is 15.0. The van der Waals surface area contributed by atoms with Crippen LogP contribution in [0.5, 0.6) is 0 Å². The molecule has 2 N–H and O–H groups in total. The van der Waals surface area contributed by atoms with Crippen LogP contribution in [0.1, 0.15) is 23.0 Å². The van der Waals surface area contributed by atoms with E-state index in [4.69, 9.17) is 0 Å². The minimum absolute atomic E-state index is 0.441. The zero-order chi connectivity index (χ0) is 13.0. The number of hydrogen-bond donors (Lipinski definition) is 2. The van der Waals surface area contributed by atoms with Crippen molar-refractivity contribution in [2.45, 2.75) is 19.4 Å². The summed E-state index contributed by atoms with van der Waals surface area (Å²) in [5.74, 6) is 0. The fourth-order valence-electron chi connectivity index (χ4n) is 2.55. The van der Waals surface area contributed by atoms with Crippen LogP contribution in [-0.2, 0) is 6.42 Å². The molecule has 0 spiro atoms. The van der Waals surface area contributed by atoms with Crippen molar-refractivity contribution in [2.24, 2.45) is 0 Å². The first-order valence-electron chi connectivity index (χ1n) is 6.38. The van der Waals surface area contributed by atoms with E-state index in [1.54, 1.807) is 0 Å². The Morgan fingerprint density at radius 1 is 1.39 bits per heavy atom. The van der Waals surface area contributed by atoms with Gasteiger partial charge in [0, 0.05) is 40.7 Å². The summed E-state index contributed by atoms with van der Waals surface area (Å²) in [5, 5.41) is 11.3. The number of hydrogen-bond acceptors (Lipinski definition) is 3. The van der Waals surface area contributed by atoms with Crippen molar-refractivity contribution in [2.75, 3.05) is 35.0 Å². The largest absolute Gasteiger partial charge is 0.313 e. The van der Waals surface area contributed by atoms with E-state index in [0.29, 0.717) is 6.04 Å². The van der Waals surface area contributed by atoms with Crippen LogP contribution in [0, 0.1) is 6.92 Å². The molecular formula is C12H20I2N4. The van der Waals surface area contributed by atoms with Crippen LogP contribution in [0.4, 0.5) is 0 Å². The third-order valence-corrected chi connectivity index (χ3v) is 4.51. The third kappa shape index (κ3) is 3.37. The van der Waals surface area contributed by atoms with Crippen LogP contribution in [-0.4, -0.2) is 50.1 Å². The number of halogens is 2. The molecule has 2 rings (SSSR count). The number of alkyl halides is 2. The van der Waals surface area contributed by atoms with Gasteiger partial charge in [0.05, 0.1) is 11.7 Å². The van der Waals surface area contributed by atoms with Crippen LogP contribution >= 0.6 is 45.2 Å². The van der Waals surface area contributed by atoms with Gasteiger partial charge >= 0.3 is 0 Å². The Bertz CT molecular complexity index is 378. The summed E-state index contributed by atoms with van der Waals surface area (Å²) in [6.07, 6.45) is 1.12. The second kappa shape index (κ2) is 7.39. The first-order chi connectivity index (χ1) is 8.77. The number of aromatic nitrogens is 2. The average Bonchev–Trinajstić information content (AvgIpc) is 2.73. The molecule has 1 aliphatic heterocycles. The molecule has 1 aliphatic rings. The number of nitrogens with one attached hydrogen (secondary N) is 2. The van der Waals surface area contributed by atoms with Crippen LogP contribution in [0.25, 0.3) is 0 Å². The van der Waals surface area contributed by atoms with Gasteiger partial charge in [-0.25, -0.2) is 0 Å². The molecule has 0 aliphatic carbocycles. The molecule has 1 fully saturated rings. The lowest BCUT2D eigenvalue weighted by Crippen LogP contribution is -2.47. The molecule has 102 valence electrons. The number of H-pyrrole nitrogens is 1. The molecule has 4 nitrogen and oxygen atoms in total. The molecule has 18 heavy (non-hydrogen) atoms. The molecule has 1 saturated heterocycles. The minimum atomic E-state index is 0.441. The molecule has 0 bridgehead atoms. The summed E-state index contributed by atoms with van der Waals surface area (Å²) in [7, 11) is 0. The SMILES string of the molecule is Cc1[nH]nc(C2CNCCN2CCI)c1CCI. The Morgan fingerprint density at radius 2 is 2.22 bits per heavy atom. The van der Waals surface area contributed by atoms with Crippen molar-refractivity contribution in [3.63, 3.8) is 0 Å². The van der Waals surface area contributed by atoms with Crippen molar-refractivity contribution >= 4 is 45.2 Å². The summed E-state index contributed by atoms with van der Waals surface area (Å²) in [5.41, 5.74) is 3.93. The highest BCUT2D eigenvalue weighted by atomic mass is 127. The van der Waals surface area contributed by atoms with Crippen molar-refractivity contribution in [3.05, 3.63) is 17.0 Å². The maximum atomic E-state index is 4.58. The topological polar surface area (TPSA) is 44.0 Å². The number of nitrogens with zero attached hydrogens (tertiary/aromatic N) is 2. The number of aromatic amines is 1. The van der Waals surface area contributed by atoms with E-state index in [-0.39, 0.29) is 0 Å². The van der Waals surface area contributed by atoms with Gasteiger partial charge in [-0.15, -0.1) is 0 Å². The molecular weight excluding hydrogens is 454 g/mol. The summed E-state index contributed by atoms with van der Waals surface area (Å²) < 4.78 is 2.33. The molecule has 6 heteroatoms. The first kappa shape index (κ1) is 15.0. The molecule has 1 unspecified atom stereocenters. The molecule has 0 radical (unpaired) electrons. The number of aryl methyl sites for hydroxylation is 1. The quantitative estimate of drug-likeness (QED) is 0.508. The summed E-state index contributed by atoms with van der Waals surface area (Å²) in [6.45, 7) is 6.54. The van der Waals surface area contributed by atoms with Crippen LogP contribution in [0.15, 0.2) is 0 Å². The third-order valence-electron chi connectivity index (χ3n) is 3.49. The highest BCUT2D eigenvalue weighted by molar-refractivity contribution is 14.1. The van der Waals surface area contributed by atoms with Crippen molar-refractivity contribution in [1.82, 2.24) is 20.4 Å². The fraction of sp³-hybridized carbons (Fsp3) is 0.750. The Kier molecular flexibility index (Phi) is 6.16. The van der Waals surface area contributed by atoms with Gasteiger partial charge in [-0.3, -0.25) is 10.00 Å². The van der Waals surface area contributed by atoms with E-state index < -0.39 is 0 Å². The van der Waals surface area contributed by atoms with E-state index in [9.17, 15) is 0 Å². The van der Waals surface area contributed by atoms with Gasteiger partial charge in [0.1, 0.15) is 0 Å². The Labute approximate surface area is 136 Å². The predicted octanol–water partition coefficient (Wildman–Crippen LogP) is 2.08. The molecule has 0 saturated carbocycles. The van der Waals surface area contributed by atoms with Gasteiger partial charge in [-0.2, -0.15) is 5.10 Å². The van der Waals surface area contributed by atoms with Gasteiger partial charge in [0.25, 0.3) is 0 Å². The Morgan fingerprint density at radius 3 is 2.94 bits per heavy atom. The molecule has 1 atom stereocenters. The minimum Gasteiger partial charge on any atom is -0.313 e. The zero-order valence-electron chi connectivity index (χ0n) is 10.7. The standard InChI is InChI=1S/C12H20I2N4/c1-9-10(2-3-13)12(17-16-9)11-8-15-5-7-18(11)6-4-14/h11,15H,2-8H2,1H3,(H,16,17). The lowest BCUT2D eigenvalue weighted by atomic mass is 10.0. The van der Waals surface area contributed by atoms with Gasteiger partial charge < -0.3 is 5.32 Å². The van der Waals surface area contributed by atoms with Gasteiger partial charge in [0.15, 0.2) is 0 Å².